The summed E-state index contributed by atoms with van der Waals surface area (Å²) in [6.07, 6.45) is -0.249. The van der Waals surface area contributed by atoms with Gasteiger partial charge in [0.2, 0.25) is 17.7 Å². The topological polar surface area (TPSA) is 208 Å². The molecule has 0 aliphatic rings. The lowest BCUT2D eigenvalue weighted by Gasteiger charge is -2.27. The lowest BCUT2D eigenvalue weighted by molar-refractivity contribution is -0.142. The summed E-state index contributed by atoms with van der Waals surface area (Å²) in [7, 11) is 0. The average molecular weight is 418 g/mol. The number of hydrogen-bond donors (Lipinski definition) is 7. The Balaban J connectivity index is 5.41. The Labute approximate surface area is 168 Å². The van der Waals surface area contributed by atoms with Crippen LogP contribution in [0, 0.1) is 5.92 Å². The van der Waals surface area contributed by atoms with Crippen molar-refractivity contribution in [3.05, 3.63) is 0 Å². The number of nitrogens with two attached hydrogens (primary N) is 1. The molecule has 0 aromatic heterocycles. The Morgan fingerprint density at radius 2 is 1.52 bits per heavy atom. The van der Waals surface area contributed by atoms with Gasteiger partial charge >= 0.3 is 11.9 Å². The molecule has 12 nitrogen and oxygen atoms in total. The molecule has 0 aliphatic carbocycles. The van der Waals surface area contributed by atoms with Gasteiger partial charge in [-0.25, -0.2) is 0 Å². The summed E-state index contributed by atoms with van der Waals surface area (Å²) in [5, 5.41) is 33.7. The van der Waals surface area contributed by atoms with Gasteiger partial charge in [0.25, 0.3) is 0 Å². The smallest absolute Gasteiger partial charge is 0.325 e. The third kappa shape index (κ3) is 9.34. The van der Waals surface area contributed by atoms with Crippen molar-refractivity contribution in [2.75, 3.05) is 6.61 Å². The van der Waals surface area contributed by atoms with Crippen molar-refractivity contribution in [2.24, 2.45) is 11.7 Å². The monoisotopic (exact) mass is 418 g/mol. The maximum absolute atomic E-state index is 12.7. The zero-order valence-corrected chi connectivity index (χ0v) is 16.7. The van der Waals surface area contributed by atoms with Gasteiger partial charge in [0.05, 0.1) is 6.61 Å². The van der Waals surface area contributed by atoms with E-state index in [9.17, 15) is 24.0 Å². The lowest BCUT2D eigenvalue weighted by Crippen LogP contribution is -2.58. The van der Waals surface area contributed by atoms with Gasteiger partial charge in [0.15, 0.2) is 0 Å². The van der Waals surface area contributed by atoms with Crippen LogP contribution < -0.4 is 21.7 Å². The van der Waals surface area contributed by atoms with E-state index in [2.05, 4.69) is 16.0 Å². The number of carboxylic acids is 2. The highest BCUT2D eigenvalue weighted by molar-refractivity contribution is 5.94. The van der Waals surface area contributed by atoms with Crippen LogP contribution in [-0.4, -0.2) is 75.8 Å². The number of carboxylic acid groups (broad SMARTS) is 2. The largest absolute Gasteiger partial charge is 0.481 e. The van der Waals surface area contributed by atoms with E-state index in [1.807, 2.05) is 0 Å². The van der Waals surface area contributed by atoms with E-state index in [1.165, 1.54) is 6.92 Å². The standard InChI is InChI=1S/C17H30N4O8/c1-4-8(2)13(21-14(25)10(18)7-22)16(27)20-11(5-6-12(23)24)15(26)19-9(3)17(28)29/h8-11,13,22H,4-7,18H2,1-3H3,(H,19,26)(H,20,27)(H,21,25)(H,23,24)(H,28,29). The van der Waals surface area contributed by atoms with E-state index >= 15 is 0 Å². The molecule has 0 saturated heterocycles. The Morgan fingerprint density at radius 3 is 1.97 bits per heavy atom. The van der Waals surface area contributed by atoms with E-state index in [-0.39, 0.29) is 12.3 Å². The van der Waals surface area contributed by atoms with E-state index in [1.54, 1.807) is 13.8 Å². The third-order valence-electron chi connectivity index (χ3n) is 4.34. The molecular formula is C17H30N4O8. The summed E-state index contributed by atoms with van der Waals surface area (Å²) in [5.74, 6) is -5.26. The number of amides is 3. The van der Waals surface area contributed by atoms with Gasteiger partial charge in [-0.3, -0.25) is 24.0 Å². The average Bonchev–Trinajstić information content (AvgIpc) is 2.66. The second-order valence-electron chi connectivity index (χ2n) is 6.72. The molecule has 8 N–H and O–H groups in total. The van der Waals surface area contributed by atoms with Gasteiger partial charge in [-0.1, -0.05) is 20.3 Å². The molecule has 12 heteroatoms. The number of hydrogen-bond acceptors (Lipinski definition) is 7. The zero-order valence-electron chi connectivity index (χ0n) is 16.7. The van der Waals surface area contributed by atoms with Crippen molar-refractivity contribution in [1.29, 1.82) is 0 Å². The number of aliphatic hydroxyl groups is 1. The molecule has 0 fully saturated rings. The van der Waals surface area contributed by atoms with Crippen LogP contribution in [0.4, 0.5) is 0 Å². The molecule has 0 radical (unpaired) electrons. The second kappa shape index (κ2) is 12.7. The fourth-order valence-electron chi connectivity index (χ4n) is 2.22. The number of nitrogens with one attached hydrogen (secondary N) is 3. The van der Waals surface area contributed by atoms with Crippen molar-refractivity contribution in [1.82, 2.24) is 16.0 Å². The Kier molecular flexibility index (Phi) is 11.5. The summed E-state index contributed by atoms with van der Waals surface area (Å²) >= 11 is 0. The van der Waals surface area contributed by atoms with Crippen LogP contribution in [0.2, 0.25) is 0 Å². The molecule has 5 atom stereocenters. The zero-order chi connectivity index (χ0) is 22.7. The van der Waals surface area contributed by atoms with Crippen LogP contribution in [0.1, 0.15) is 40.0 Å². The third-order valence-corrected chi connectivity index (χ3v) is 4.34. The summed E-state index contributed by atoms with van der Waals surface area (Å²) in [4.78, 5) is 58.8. The van der Waals surface area contributed by atoms with Crippen molar-refractivity contribution < 1.29 is 39.3 Å². The number of aliphatic carboxylic acids is 2. The van der Waals surface area contributed by atoms with E-state index in [4.69, 9.17) is 21.1 Å². The highest BCUT2D eigenvalue weighted by Gasteiger charge is 2.31. The first-order valence-corrected chi connectivity index (χ1v) is 9.16. The second-order valence-corrected chi connectivity index (χ2v) is 6.72. The lowest BCUT2D eigenvalue weighted by atomic mass is 9.97. The number of rotatable bonds is 13. The van der Waals surface area contributed by atoms with Crippen molar-refractivity contribution >= 4 is 29.7 Å². The van der Waals surface area contributed by atoms with Crippen LogP contribution in [0.25, 0.3) is 0 Å². The predicted molar refractivity (Wildman–Crippen MR) is 100 cm³/mol. The highest BCUT2D eigenvalue weighted by Crippen LogP contribution is 2.10. The first-order valence-electron chi connectivity index (χ1n) is 9.16. The molecule has 29 heavy (non-hydrogen) atoms. The van der Waals surface area contributed by atoms with Crippen LogP contribution in [-0.2, 0) is 24.0 Å². The molecular weight excluding hydrogens is 388 g/mol. The molecule has 0 rings (SSSR count). The quantitative estimate of drug-likeness (QED) is 0.172. The highest BCUT2D eigenvalue weighted by atomic mass is 16.4. The molecule has 166 valence electrons. The van der Waals surface area contributed by atoms with Gasteiger partial charge in [-0.2, -0.15) is 0 Å². The number of aliphatic hydroxyl groups excluding tert-OH is 1. The molecule has 3 amide bonds. The van der Waals surface area contributed by atoms with E-state index < -0.39 is 66.9 Å². The normalized spacial score (nSPS) is 15.9. The summed E-state index contributed by atoms with van der Waals surface area (Å²) in [6, 6.07) is -4.91. The van der Waals surface area contributed by atoms with Gasteiger partial charge in [0, 0.05) is 6.42 Å². The maximum Gasteiger partial charge on any atom is 0.325 e. The van der Waals surface area contributed by atoms with Crippen LogP contribution in [0.3, 0.4) is 0 Å². The molecule has 0 saturated carbocycles. The van der Waals surface area contributed by atoms with Gasteiger partial charge in [0.1, 0.15) is 24.2 Å². The molecule has 0 aromatic carbocycles. The Hall–Kier alpha value is -2.73. The molecule has 0 bridgehead atoms. The van der Waals surface area contributed by atoms with E-state index in [0.29, 0.717) is 6.42 Å². The minimum absolute atomic E-state index is 0.281. The fourth-order valence-corrected chi connectivity index (χ4v) is 2.22. The van der Waals surface area contributed by atoms with Crippen molar-refractivity contribution in [3.8, 4) is 0 Å². The van der Waals surface area contributed by atoms with Crippen LogP contribution >= 0.6 is 0 Å². The number of carbonyl (C=O) groups is 5. The molecule has 0 spiro atoms. The molecule has 0 aromatic rings. The van der Waals surface area contributed by atoms with Crippen molar-refractivity contribution in [2.45, 2.75) is 64.2 Å². The summed E-state index contributed by atoms with van der Waals surface area (Å²) in [6.45, 7) is 4.03. The van der Waals surface area contributed by atoms with Crippen LogP contribution in [0.5, 0.6) is 0 Å². The molecule has 5 unspecified atom stereocenters. The Morgan fingerprint density at radius 1 is 0.931 bits per heavy atom. The SMILES string of the molecule is CCC(C)C(NC(=O)C(N)CO)C(=O)NC(CCC(=O)O)C(=O)NC(C)C(=O)O. The fraction of sp³-hybridized carbons (Fsp3) is 0.706. The minimum atomic E-state index is -1.32. The minimum Gasteiger partial charge on any atom is -0.481 e. The summed E-state index contributed by atoms with van der Waals surface area (Å²) in [5.41, 5.74) is 5.44. The van der Waals surface area contributed by atoms with Crippen LogP contribution in [0.15, 0.2) is 0 Å². The summed E-state index contributed by atoms with van der Waals surface area (Å²) < 4.78 is 0. The molecule has 0 aliphatic heterocycles. The van der Waals surface area contributed by atoms with Crippen molar-refractivity contribution in [3.63, 3.8) is 0 Å². The first kappa shape index (κ1) is 26.3. The van der Waals surface area contributed by atoms with E-state index in [0.717, 1.165) is 0 Å². The predicted octanol–water partition coefficient (Wildman–Crippen LogP) is -2.22. The Bertz CT molecular complexity index is 612. The van der Waals surface area contributed by atoms with Gasteiger partial charge in [-0.05, 0) is 19.3 Å². The maximum atomic E-state index is 12.7. The van der Waals surface area contributed by atoms with Gasteiger partial charge < -0.3 is 37.0 Å². The first-order chi connectivity index (χ1) is 13.4. The number of carbonyl (C=O) groups excluding carboxylic acids is 3. The molecule has 0 heterocycles. The van der Waals surface area contributed by atoms with Gasteiger partial charge in [-0.15, -0.1) is 0 Å².